The number of amides is 1. The summed E-state index contributed by atoms with van der Waals surface area (Å²) in [6.45, 7) is 3.47. The highest BCUT2D eigenvalue weighted by Gasteiger charge is 2.27. The highest BCUT2D eigenvalue weighted by atomic mass is 16.5. The van der Waals surface area contributed by atoms with Crippen molar-refractivity contribution in [3.05, 3.63) is 102 Å². The number of rotatable bonds is 9. The topological polar surface area (TPSA) is 45.9 Å². The molecule has 0 radical (unpaired) electrons. The van der Waals surface area contributed by atoms with Gasteiger partial charge in [0.15, 0.2) is 0 Å². The molecule has 5 nitrogen and oxygen atoms in total. The van der Waals surface area contributed by atoms with Crippen molar-refractivity contribution in [2.24, 2.45) is 0 Å². The van der Waals surface area contributed by atoms with Crippen molar-refractivity contribution in [1.82, 2.24) is 9.80 Å². The number of hydrogen-bond acceptors (Lipinski definition) is 4. The van der Waals surface area contributed by atoms with Crippen molar-refractivity contribution >= 4 is 16.7 Å². The molecule has 5 rings (SSSR count). The first-order chi connectivity index (χ1) is 17.2. The van der Waals surface area contributed by atoms with Crippen molar-refractivity contribution in [2.75, 3.05) is 26.7 Å². The van der Waals surface area contributed by atoms with E-state index in [4.69, 9.17) is 9.15 Å². The third-order valence-electron chi connectivity index (χ3n) is 6.88. The van der Waals surface area contributed by atoms with Crippen LogP contribution in [0.4, 0.5) is 0 Å². The van der Waals surface area contributed by atoms with Crippen LogP contribution in [-0.2, 0) is 17.8 Å². The third-order valence-corrected chi connectivity index (χ3v) is 6.88. The van der Waals surface area contributed by atoms with Crippen LogP contribution in [0.25, 0.3) is 10.8 Å². The summed E-state index contributed by atoms with van der Waals surface area (Å²) in [5.41, 5.74) is 2.21. The van der Waals surface area contributed by atoms with Gasteiger partial charge in [-0.05, 0) is 49.2 Å². The third kappa shape index (κ3) is 5.57. The lowest BCUT2D eigenvalue weighted by Crippen LogP contribution is -2.39. The van der Waals surface area contributed by atoms with E-state index < -0.39 is 0 Å². The lowest BCUT2D eigenvalue weighted by Gasteiger charge is -2.32. The Morgan fingerprint density at radius 3 is 2.60 bits per heavy atom. The number of fused-ring (bicyclic) bond motifs is 1. The van der Waals surface area contributed by atoms with Crippen LogP contribution in [0.1, 0.15) is 35.8 Å². The first kappa shape index (κ1) is 23.2. The molecule has 5 heteroatoms. The van der Waals surface area contributed by atoms with E-state index in [1.54, 1.807) is 6.26 Å². The van der Waals surface area contributed by atoms with Gasteiger partial charge >= 0.3 is 0 Å². The van der Waals surface area contributed by atoms with E-state index in [-0.39, 0.29) is 18.4 Å². The number of benzene rings is 3. The molecule has 4 aromatic rings. The first-order valence-corrected chi connectivity index (χ1v) is 12.4. The second-order valence-electron chi connectivity index (χ2n) is 9.30. The van der Waals surface area contributed by atoms with E-state index in [0.717, 1.165) is 53.0 Å². The van der Waals surface area contributed by atoms with E-state index in [9.17, 15) is 4.79 Å². The second-order valence-corrected chi connectivity index (χ2v) is 9.30. The van der Waals surface area contributed by atoms with Crippen molar-refractivity contribution in [3.63, 3.8) is 0 Å². The highest BCUT2D eigenvalue weighted by molar-refractivity contribution is 5.88. The Hall–Kier alpha value is -3.57. The zero-order valence-electron chi connectivity index (χ0n) is 20.2. The van der Waals surface area contributed by atoms with Crippen molar-refractivity contribution in [2.45, 2.75) is 31.9 Å². The van der Waals surface area contributed by atoms with Crippen LogP contribution < -0.4 is 4.74 Å². The molecule has 35 heavy (non-hydrogen) atoms. The molecule has 0 N–H and O–H groups in total. The maximum atomic E-state index is 13.5. The maximum absolute atomic E-state index is 13.5. The van der Waals surface area contributed by atoms with Crippen molar-refractivity contribution < 1.29 is 13.9 Å². The molecular formula is C30H32N2O3. The summed E-state index contributed by atoms with van der Waals surface area (Å²) in [6.07, 6.45) is 4.39. The van der Waals surface area contributed by atoms with Crippen LogP contribution in [0, 0.1) is 0 Å². The quantitative estimate of drug-likeness (QED) is 0.309. The number of carbonyl (C=O) groups is 1. The predicted molar refractivity (Wildman–Crippen MR) is 138 cm³/mol. The van der Waals surface area contributed by atoms with Gasteiger partial charge in [-0.3, -0.25) is 4.79 Å². The highest BCUT2D eigenvalue weighted by Crippen LogP contribution is 2.28. The number of ether oxygens (including phenoxy) is 1. The van der Waals surface area contributed by atoms with Gasteiger partial charge in [-0.25, -0.2) is 0 Å². The summed E-state index contributed by atoms with van der Waals surface area (Å²) in [6, 6.07) is 26.3. The van der Waals surface area contributed by atoms with Gasteiger partial charge in [-0.15, -0.1) is 0 Å². The SMILES string of the molecule is CN(C(=O)Cc1occ2ccccc12)C(CN1CCCC1)c1cccc(OCc2ccccc2)c1. The van der Waals surface area contributed by atoms with E-state index in [2.05, 4.69) is 29.2 Å². The molecule has 1 aromatic heterocycles. The molecule has 0 saturated carbocycles. The smallest absolute Gasteiger partial charge is 0.230 e. The van der Waals surface area contributed by atoms with E-state index in [0.29, 0.717) is 6.61 Å². The van der Waals surface area contributed by atoms with Gasteiger partial charge in [-0.2, -0.15) is 0 Å². The average Bonchev–Trinajstić information content (AvgIpc) is 3.57. The molecule has 1 amide bonds. The van der Waals surface area contributed by atoms with Crippen molar-refractivity contribution in [1.29, 1.82) is 0 Å². The molecule has 1 fully saturated rings. The van der Waals surface area contributed by atoms with Gasteiger partial charge in [-0.1, -0.05) is 66.7 Å². The van der Waals surface area contributed by atoms with Gasteiger partial charge in [0, 0.05) is 24.4 Å². The molecule has 1 saturated heterocycles. The summed E-state index contributed by atoms with van der Waals surface area (Å²) < 4.78 is 11.9. The minimum Gasteiger partial charge on any atom is -0.489 e. The summed E-state index contributed by atoms with van der Waals surface area (Å²) >= 11 is 0. The standard InChI is InChI=1S/C30H32N2O3/c1-31(30(33)19-29-27-15-6-5-12-25(27)22-35-29)28(20-32-16-7-8-17-32)24-13-9-14-26(18-24)34-21-23-10-3-2-4-11-23/h2-6,9-15,18,22,28H,7-8,16-17,19-21H2,1H3. The minimum atomic E-state index is -0.0675. The molecule has 3 aromatic carbocycles. The number of likely N-dealkylation sites (tertiary alicyclic amines) is 1. The molecule has 180 valence electrons. The average molecular weight is 469 g/mol. The molecule has 1 aliphatic heterocycles. The molecule has 0 spiro atoms. The number of likely N-dealkylation sites (N-methyl/N-ethyl adjacent to an activating group) is 1. The molecule has 1 unspecified atom stereocenters. The van der Waals surface area contributed by atoms with Gasteiger partial charge in [0.05, 0.1) is 18.7 Å². The summed E-state index contributed by atoms with van der Waals surface area (Å²) in [5.74, 6) is 1.58. The zero-order valence-corrected chi connectivity index (χ0v) is 20.2. The fourth-order valence-electron chi connectivity index (χ4n) is 4.84. The molecule has 0 aliphatic carbocycles. The van der Waals surface area contributed by atoms with E-state index in [1.807, 2.05) is 66.5 Å². The van der Waals surface area contributed by atoms with Crippen LogP contribution in [-0.4, -0.2) is 42.4 Å². The summed E-state index contributed by atoms with van der Waals surface area (Å²) in [7, 11) is 1.91. The number of nitrogens with zero attached hydrogens (tertiary/aromatic N) is 2. The van der Waals surface area contributed by atoms with E-state index in [1.165, 1.54) is 12.8 Å². The molecule has 1 atom stereocenters. The van der Waals surface area contributed by atoms with Gasteiger partial charge < -0.3 is 19.0 Å². The molecule has 0 bridgehead atoms. The number of carbonyl (C=O) groups excluding carboxylic acids is 1. The maximum Gasteiger partial charge on any atom is 0.230 e. The Morgan fingerprint density at radius 2 is 1.77 bits per heavy atom. The van der Waals surface area contributed by atoms with Crippen LogP contribution in [0.2, 0.25) is 0 Å². The Bertz CT molecular complexity index is 1260. The fourth-order valence-corrected chi connectivity index (χ4v) is 4.84. The van der Waals surface area contributed by atoms with Gasteiger partial charge in [0.1, 0.15) is 18.1 Å². The zero-order chi connectivity index (χ0) is 24.0. The first-order valence-electron chi connectivity index (χ1n) is 12.4. The Morgan fingerprint density at radius 1 is 1.00 bits per heavy atom. The Kier molecular flexibility index (Phi) is 7.15. The van der Waals surface area contributed by atoms with E-state index >= 15 is 0 Å². The van der Waals surface area contributed by atoms with Crippen LogP contribution >= 0.6 is 0 Å². The number of hydrogen-bond donors (Lipinski definition) is 0. The minimum absolute atomic E-state index is 0.0462. The Balaban J connectivity index is 1.35. The van der Waals surface area contributed by atoms with Crippen LogP contribution in [0.3, 0.4) is 0 Å². The molecule has 1 aliphatic rings. The predicted octanol–water partition coefficient (Wildman–Crippen LogP) is 5.85. The van der Waals surface area contributed by atoms with Crippen molar-refractivity contribution in [3.8, 4) is 5.75 Å². The van der Waals surface area contributed by atoms with Crippen LogP contribution in [0.15, 0.2) is 89.5 Å². The lowest BCUT2D eigenvalue weighted by molar-refractivity contribution is -0.132. The monoisotopic (exact) mass is 468 g/mol. The normalized spacial score (nSPS) is 14.8. The summed E-state index contributed by atoms with van der Waals surface area (Å²) in [4.78, 5) is 17.8. The van der Waals surface area contributed by atoms with Crippen LogP contribution in [0.5, 0.6) is 5.75 Å². The largest absolute Gasteiger partial charge is 0.489 e. The fraction of sp³-hybridized carbons (Fsp3) is 0.300. The lowest BCUT2D eigenvalue weighted by atomic mass is 10.0. The number of furan rings is 1. The Labute approximate surface area is 206 Å². The summed E-state index contributed by atoms with van der Waals surface area (Å²) in [5, 5.41) is 2.02. The molecular weight excluding hydrogens is 436 g/mol. The van der Waals surface area contributed by atoms with Gasteiger partial charge in [0.25, 0.3) is 0 Å². The van der Waals surface area contributed by atoms with Gasteiger partial charge in [0.2, 0.25) is 5.91 Å². The second kappa shape index (κ2) is 10.8. The molecule has 2 heterocycles.